The minimum absolute atomic E-state index is 0.0564. The fourth-order valence-electron chi connectivity index (χ4n) is 9.12. The van der Waals surface area contributed by atoms with Crippen LogP contribution in [0.4, 0.5) is 0 Å². The first-order valence-electron chi connectivity index (χ1n) is 13.7. The van der Waals surface area contributed by atoms with Crippen LogP contribution < -0.4 is 0 Å². The predicted octanol–water partition coefficient (Wildman–Crippen LogP) is 7.00. The Morgan fingerprint density at radius 2 is 1.65 bits per heavy atom. The van der Waals surface area contributed by atoms with Gasteiger partial charge in [-0.1, -0.05) is 52.7 Å². The molecule has 0 heterocycles. The molecule has 4 aliphatic rings. The molecule has 0 aliphatic heterocycles. The van der Waals surface area contributed by atoms with Crippen LogP contribution in [0.1, 0.15) is 105 Å². The lowest BCUT2D eigenvalue weighted by Crippen LogP contribution is -2.49. The average Bonchev–Trinajstić information content (AvgIpc) is 3.08. The van der Waals surface area contributed by atoms with Gasteiger partial charge < -0.3 is 10.2 Å². The summed E-state index contributed by atoms with van der Waals surface area (Å²) in [6.07, 6.45) is 16.3. The number of fused-ring (bicyclic) bond motifs is 5. The lowest BCUT2D eigenvalue weighted by molar-refractivity contribution is -0.0428. The van der Waals surface area contributed by atoms with Crippen molar-refractivity contribution in [1.29, 1.82) is 0 Å². The smallest absolute Gasteiger partial charge is 0.0543 e. The number of hydrogen-bond acceptors (Lipinski definition) is 2. The summed E-state index contributed by atoms with van der Waals surface area (Å²) in [6.45, 7) is 12.8. The van der Waals surface area contributed by atoms with Crippen molar-refractivity contribution in [1.82, 2.24) is 0 Å². The number of rotatable bonds is 7. The first-order chi connectivity index (χ1) is 14.7. The SMILES string of the molecule is CC(C)[C@@H](CCO)CC[C@@H](C)[C@H]1CC[C@H]2C3=CC[C@H]4C[C@@H](O)CC[C@]4(C)[C@H]3CC[C@]12C. The van der Waals surface area contributed by atoms with Crippen LogP contribution in [0, 0.1) is 52.3 Å². The molecule has 2 heteroatoms. The van der Waals surface area contributed by atoms with Gasteiger partial charge in [0, 0.05) is 6.61 Å². The van der Waals surface area contributed by atoms with Gasteiger partial charge in [0.05, 0.1) is 6.10 Å². The van der Waals surface area contributed by atoms with Crippen LogP contribution in [0.2, 0.25) is 0 Å². The Bertz CT molecular complexity index is 653. The number of allylic oxidation sites excluding steroid dienone is 2. The quantitative estimate of drug-likeness (QED) is 0.427. The summed E-state index contributed by atoms with van der Waals surface area (Å²) in [7, 11) is 0. The van der Waals surface area contributed by atoms with Crippen LogP contribution in [0.5, 0.6) is 0 Å². The summed E-state index contributed by atoms with van der Waals surface area (Å²) in [5.41, 5.74) is 2.77. The van der Waals surface area contributed by atoms with Crippen molar-refractivity contribution in [3.63, 3.8) is 0 Å². The van der Waals surface area contributed by atoms with Crippen molar-refractivity contribution in [2.24, 2.45) is 52.3 Å². The fourth-order valence-corrected chi connectivity index (χ4v) is 9.12. The summed E-state index contributed by atoms with van der Waals surface area (Å²) >= 11 is 0. The monoisotopic (exact) mass is 430 g/mol. The Morgan fingerprint density at radius 3 is 2.35 bits per heavy atom. The van der Waals surface area contributed by atoms with Crippen LogP contribution >= 0.6 is 0 Å². The van der Waals surface area contributed by atoms with Gasteiger partial charge in [-0.05, 0) is 116 Å². The molecular weight excluding hydrogens is 380 g/mol. The van der Waals surface area contributed by atoms with E-state index in [2.05, 4.69) is 40.7 Å². The average molecular weight is 431 g/mol. The molecule has 0 amide bonds. The van der Waals surface area contributed by atoms with E-state index < -0.39 is 0 Å². The molecule has 4 rings (SSSR count). The van der Waals surface area contributed by atoms with Crippen molar-refractivity contribution in [2.45, 2.75) is 111 Å². The molecule has 0 aromatic rings. The van der Waals surface area contributed by atoms with Gasteiger partial charge in [0.15, 0.2) is 0 Å². The first kappa shape index (κ1) is 23.8. The number of aliphatic hydroxyl groups excluding tert-OH is 2. The van der Waals surface area contributed by atoms with E-state index >= 15 is 0 Å². The summed E-state index contributed by atoms with van der Waals surface area (Å²) < 4.78 is 0. The molecule has 31 heavy (non-hydrogen) atoms. The molecule has 2 nitrogen and oxygen atoms in total. The van der Waals surface area contributed by atoms with Crippen LogP contribution in [0.3, 0.4) is 0 Å². The third-order valence-corrected chi connectivity index (χ3v) is 11.2. The maximum Gasteiger partial charge on any atom is 0.0543 e. The minimum Gasteiger partial charge on any atom is -0.396 e. The normalized spacial score (nSPS) is 44.3. The second-order valence-corrected chi connectivity index (χ2v) is 13.0. The molecule has 9 atom stereocenters. The number of hydrogen-bond donors (Lipinski definition) is 2. The van der Waals surface area contributed by atoms with Gasteiger partial charge in [-0.3, -0.25) is 0 Å². The largest absolute Gasteiger partial charge is 0.396 e. The molecule has 0 aromatic heterocycles. The molecule has 0 bridgehead atoms. The van der Waals surface area contributed by atoms with Crippen molar-refractivity contribution >= 4 is 0 Å². The summed E-state index contributed by atoms with van der Waals surface area (Å²) in [6, 6.07) is 0. The van der Waals surface area contributed by atoms with Crippen molar-refractivity contribution in [3.8, 4) is 0 Å². The lowest BCUT2D eigenvalue weighted by Gasteiger charge is -2.57. The first-order valence-corrected chi connectivity index (χ1v) is 13.7. The zero-order valence-electron chi connectivity index (χ0n) is 21.1. The molecule has 0 aromatic carbocycles. The van der Waals surface area contributed by atoms with Gasteiger partial charge in [0.1, 0.15) is 0 Å². The Morgan fingerprint density at radius 1 is 0.935 bits per heavy atom. The highest BCUT2D eigenvalue weighted by Crippen LogP contribution is 2.67. The zero-order chi connectivity index (χ0) is 22.4. The number of aliphatic hydroxyl groups is 2. The van der Waals surface area contributed by atoms with E-state index in [4.69, 9.17) is 0 Å². The third kappa shape index (κ3) is 4.18. The zero-order valence-corrected chi connectivity index (χ0v) is 21.1. The molecule has 3 fully saturated rings. The lowest BCUT2D eigenvalue weighted by atomic mass is 9.47. The van der Waals surface area contributed by atoms with E-state index in [9.17, 15) is 10.2 Å². The molecule has 0 saturated heterocycles. The maximum atomic E-state index is 10.3. The van der Waals surface area contributed by atoms with Crippen LogP contribution in [0.15, 0.2) is 11.6 Å². The molecule has 0 spiro atoms. The van der Waals surface area contributed by atoms with Gasteiger partial charge >= 0.3 is 0 Å². The van der Waals surface area contributed by atoms with E-state index in [-0.39, 0.29) is 6.10 Å². The molecule has 2 N–H and O–H groups in total. The molecule has 178 valence electrons. The van der Waals surface area contributed by atoms with Gasteiger partial charge in [0.25, 0.3) is 0 Å². The second-order valence-electron chi connectivity index (χ2n) is 13.0. The summed E-state index contributed by atoms with van der Waals surface area (Å²) in [5.74, 6) is 5.29. The molecular formula is C29H50O2. The Balaban J connectivity index is 1.46. The predicted molar refractivity (Wildman–Crippen MR) is 130 cm³/mol. The van der Waals surface area contributed by atoms with Gasteiger partial charge in [-0.25, -0.2) is 0 Å². The Hall–Kier alpha value is -0.340. The van der Waals surface area contributed by atoms with Crippen molar-refractivity contribution < 1.29 is 10.2 Å². The Kier molecular flexibility index (Phi) is 7.01. The third-order valence-electron chi connectivity index (χ3n) is 11.2. The molecule has 0 radical (unpaired) electrons. The molecule has 0 unspecified atom stereocenters. The summed E-state index contributed by atoms with van der Waals surface area (Å²) in [4.78, 5) is 0. The highest BCUT2D eigenvalue weighted by atomic mass is 16.3. The van der Waals surface area contributed by atoms with Gasteiger partial charge in [-0.2, -0.15) is 0 Å². The topological polar surface area (TPSA) is 40.5 Å². The van der Waals surface area contributed by atoms with Gasteiger partial charge in [-0.15, -0.1) is 0 Å². The molecule has 4 aliphatic carbocycles. The van der Waals surface area contributed by atoms with E-state index in [0.717, 1.165) is 42.9 Å². The highest BCUT2D eigenvalue weighted by molar-refractivity contribution is 5.27. The van der Waals surface area contributed by atoms with Crippen LogP contribution in [0.25, 0.3) is 0 Å². The van der Waals surface area contributed by atoms with E-state index in [1.54, 1.807) is 0 Å². The van der Waals surface area contributed by atoms with Crippen LogP contribution in [-0.4, -0.2) is 22.9 Å². The Labute approximate surface area is 192 Å². The second kappa shape index (κ2) is 9.13. The van der Waals surface area contributed by atoms with Gasteiger partial charge in [0.2, 0.25) is 0 Å². The standard InChI is InChI=1S/C29H50O2/c1-19(2)21(14-17-30)7-6-20(3)25-10-11-26-24-9-8-22-18-23(31)12-15-28(22,4)27(24)13-16-29(25,26)5/h9,19-23,25-27,30-31H,6-8,10-18H2,1-5H3/t20-,21-,22+,23+,25-,26+,27+,28+,29-/m1/s1. The van der Waals surface area contributed by atoms with Crippen molar-refractivity contribution in [3.05, 3.63) is 11.6 Å². The maximum absolute atomic E-state index is 10.3. The minimum atomic E-state index is -0.0564. The fraction of sp³-hybridized carbons (Fsp3) is 0.931. The van der Waals surface area contributed by atoms with E-state index in [1.165, 1.54) is 51.4 Å². The van der Waals surface area contributed by atoms with Crippen LogP contribution in [-0.2, 0) is 0 Å². The molecule has 3 saturated carbocycles. The highest BCUT2D eigenvalue weighted by Gasteiger charge is 2.58. The van der Waals surface area contributed by atoms with Crippen molar-refractivity contribution in [2.75, 3.05) is 6.61 Å². The van der Waals surface area contributed by atoms with E-state index in [0.29, 0.717) is 35.2 Å². The summed E-state index contributed by atoms with van der Waals surface area (Å²) in [5, 5.41) is 19.7. The van der Waals surface area contributed by atoms with E-state index in [1.807, 2.05) is 5.57 Å².